The lowest BCUT2D eigenvalue weighted by molar-refractivity contribution is -0.132. The molecule has 2 heterocycles. The van der Waals surface area contributed by atoms with Gasteiger partial charge in [0.25, 0.3) is 5.56 Å². The maximum atomic E-state index is 13.1. The van der Waals surface area contributed by atoms with Crippen LogP contribution < -0.4 is 5.56 Å². The van der Waals surface area contributed by atoms with Crippen molar-refractivity contribution in [2.75, 3.05) is 13.7 Å². The highest BCUT2D eigenvalue weighted by Gasteiger charge is 2.25. The predicted octanol–water partition coefficient (Wildman–Crippen LogP) is 2.83. The molecule has 0 saturated heterocycles. The zero-order valence-corrected chi connectivity index (χ0v) is 17.1. The number of amides is 1. The van der Waals surface area contributed by atoms with E-state index in [4.69, 9.17) is 9.15 Å². The second kappa shape index (κ2) is 8.48. The van der Waals surface area contributed by atoms with Crippen LogP contribution in [-0.2, 0) is 16.1 Å². The Kier molecular flexibility index (Phi) is 6.00. The van der Waals surface area contributed by atoms with Crippen LogP contribution in [0.25, 0.3) is 11.1 Å². The fourth-order valence-electron chi connectivity index (χ4n) is 3.14. The lowest BCUT2D eigenvalue weighted by Gasteiger charge is -2.25. The molecule has 0 saturated carbocycles. The first-order valence-corrected chi connectivity index (χ1v) is 9.41. The fraction of sp³-hybridized carbons (Fsp3) is 0.333. The molecule has 2 aromatic heterocycles. The molecule has 0 N–H and O–H groups in total. The number of nitrogens with zero attached hydrogens (tertiary/aromatic N) is 3. The molecule has 0 bridgehead atoms. The summed E-state index contributed by atoms with van der Waals surface area (Å²) < 4.78 is 24.7. The van der Waals surface area contributed by atoms with Crippen molar-refractivity contribution < 1.29 is 23.1 Å². The van der Waals surface area contributed by atoms with Gasteiger partial charge in [0.15, 0.2) is 0 Å². The number of esters is 1. The minimum atomic E-state index is -0.682. The number of carbonyl (C=O) groups excluding carboxylic acids is 2. The van der Waals surface area contributed by atoms with Crippen LogP contribution in [0.4, 0.5) is 4.39 Å². The topological polar surface area (TPSA) is 94.6 Å². The largest absolute Gasteiger partial charge is 0.462 e. The molecule has 1 atom stereocenters. The summed E-state index contributed by atoms with van der Waals surface area (Å²) in [6.45, 7) is 4.86. The summed E-state index contributed by atoms with van der Waals surface area (Å²) >= 11 is 0. The van der Waals surface area contributed by atoms with Gasteiger partial charge in [-0.2, -0.15) is 0 Å². The van der Waals surface area contributed by atoms with E-state index < -0.39 is 11.5 Å². The standard InChI is InChI=1S/C21H22FN3O5/c1-5-29-21(28)17-13(3)30-19-18(17)20(27)25(11-23-19)10-16(26)24(4)12(2)14-6-8-15(22)9-7-14/h6-9,11-12H,5,10H2,1-4H3/t12-/m0/s1. The molecule has 158 valence electrons. The van der Waals surface area contributed by atoms with Crippen LogP contribution in [0.2, 0.25) is 0 Å². The molecule has 3 rings (SSSR count). The number of fused-ring (bicyclic) bond motifs is 1. The Labute approximate surface area is 171 Å². The van der Waals surface area contributed by atoms with E-state index in [0.29, 0.717) is 0 Å². The first-order chi connectivity index (χ1) is 14.2. The Morgan fingerprint density at radius 1 is 1.30 bits per heavy atom. The average molecular weight is 415 g/mol. The van der Waals surface area contributed by atoms with Crippen molar-refractivity contribution in [3.05, 3.63) is 63.7 Å². The summed E-state index contributed by atoms with van der Waals surface area (Å²) in [5.74, 6) is -1.18. The highest BCUT2D eigenvalue weighted by Crippen LogP contribution is 2.22. The zero-order chi connectivity index (χ0) is 22.0. The van der Waals surface area contributed by atoms with E-state index in [9.17, 15) is 18.8 Å². The minimum absolute atomic E-state index is 0.0114. The van der Waals surface area contributed by atoms with Crippen LogP contribution in [0.5, 0.6) is 0 Å². The fourth-order valence-corrected chi connectivity index (χ4v) is 3.14. The number of ether oxygens (including phenoxy) is 1. The number of aromatic nitrogens is 2. The summed E-state index contributed by atoms with van der Waals surface area (Å²) in [7, 11) is 1.60. The van der Waals surface area contributed by atoms with E-state index in [-0.39, 0.29) is 53.3 Å². The summed E-state index contributed by atoms with van der Waals surface area (Å²) in [5, 5.41) is -0.0181. The smallest absolute Gasteiger partial charge is 0.342 e. The van der Waals surface area contributed by atoms with Crippen LogP contribution in [0.3, 0.4) is 0 Å². The minimum Gasteiger partial charge on any atom is -0.462 e. The molecule has 1 aromatic carbocycles. The highest BCUT2D eigenvalue weighted by atomic mass is 19.1. The lowest BCUT2D eigenvalue weighted by atomic mass is 10.1. The molecule has 0 aliphatic rings. The van der Waals surface area contributed by atoms with E-state index in [1.807, 2.05) is 0 Å². The third-order valence-electron chi connectivity index (χ3n) is 4.97. The first-order valence-electron chi connectivity index (χ1n) is 9.41. The molecule has 30 heavy (non-hydrogen) atoms. The van der Waals surface area contributed by atoms with Crippen molar-refractivity contribution in [1.82, 2.24) is 14.5 Å². The second-order valence-electron chi connectivity index (χ2n) is 6.84. The summed E-state index contributed by atoms with van der Waals surface area (Å²) in [6, 6.07) is 5.51. The van der Waals surface area contributed by atoms with Gasteiger partial charge >= 0.3 is 5.97 Å². The van der Waals surface area contributed by atoms with Crippen molar-refractivity contribution >= 4 is 23.0 Å². The molecule has 0 spiro atoms. The Hall–Kier alpha value is -3.49. The number of hydrogen-bond acceptors (Lipinski definition) is 6. The normalized spacial score (nSPS) is 12.0. The number of benzene rings is 1. The maximum absolute atomic E-state index is 13.1. The number of likely N-dealkylation sites (N-methyl/N-ethyl adjacent to an activating group) is 1. The van der Waals surface area contributed by atoms with Crippen LogP contribution >= 0.6 is 0 Å². The van der Waals surface area contributed by atoms with Gasteiger partial charge < -0.3 is 14.1 Å². The Balaban J connectivity index is 1.89. The van der Waals surface area contributed by atoms with E-state index in [0.717, 1.165) is 10.1 Å². The first kappa shape index (κ1) is 21.2. The third-order valence-corrected chi connectivity index (χ3v) is 4.97. The summed E-state index contributed by atoms with van der Waals surface area (Å²) in [4.78, 5) is 43.5. The third kappa shape index (κ3) is 3.96. The Bertz CT molecular complexity index is 1150. The molecular weight excluding hydrogens is 393 g/mol. The van der Waals surface area contributed by atoms with Gasteiger partial charge in [-0.1, -0.05) is 12.1 Å². The van der Waals surface area contributed by atoms with Crippen molar-refractivity contribution in [3.8, 4) is 0 Å². The SMILES string of the molecule is CCOC(=O)c1c(C)oc2ncn(CC(=O)N(C)[C@@H](C)c3ccc(F)cc3)c(=O)c12. The van der Waals surface area contributed by atoms with E-state index in [1.54, 1.807) is 40.0 Å². The number of carbonyl (C=O) groups is 2. The number of halogens is 1. The van der Waals surface area contributed by atoms with Crippen molar-refractivity contribution in [3.63, 3.8) is 0 Å². The van der Waals surface area contributed by atoms with Crippen LogP contribution in [0.15, 0.2) is 39.8 Å². The van der Waals surface area contributed by atoms with Gasteiger partial charge in [0.1, 0.15) is 35.4 Å². The van der Waals surface area contributed by atoms with Gasteiger partial charge in [-0.3, -0.25) is 14.2 Å². The Morgan fingerprint density at radius 3 is 2.60 bits per heavy atom. The quantitative estimate of drug-likeness (QED) is 0.575. The molecule has 8 nitrogen and oxygen atoms in total. The van der Waals surface area contributed by atoms with E-state index in [1.165, 1.54) is 23.4 Å². The molecule has 0 unspecified atom stereocenters. The van der Waals surface area contributed by atoms with Gasteiger partial charge in [-0.15, -0.1) is 0 Å². The lowest BCUT2D eigenvalue weighted by Crippen LogP contribution is -2.35. The van der Waals surface area contributed by atoms with Crippen LogP contribution in [0, 0.1) is 12.7 Å². The van der Waals surface area contributed by atoms with E-state index >= 15 is 0 Å². The highest BCUT2D eigenvalue weighted by molar-refractivity contribution is 6.03. The molecule has 0 fully saturated rings. The molecule has 1 amide bonds. The van der Waals surface area contributed by atoms with Crippen molar-refractivity contribution in [2.24, 2.45) is 0 Å². The number of aryl methyl sites for hydroxylation is 1. The van der Waals surface area contributed by atoms with Gasteiger partial charge in [-0.05, 0) is 38.5 Å². The zero-order valence-electron chi connectivity index (χ0n) is 17.1. The van der Waals surface area contributed by atoms with Crippen LogP contribution in [-0.4, -0.2) is 40.0 Å². The summed E-state index contributed by atoms with van der Waals surface area (Å²) in [5.41, 5.74) is 0.204. The maximum Gasteiger partial charge on any atom is 0.342 e. The summed E-state index contributed by atoms with van der Waals surface area (Å²) in [6.07, 6.45) is 1.21. The molecule has 9 heteroatoms. The molecule has 0 aliphatic carbocycles. The van der Waals surface area contributed by atoms with E-state index in [2.05, 4.69) is 4.98 Å². The van der Waals surface area contributed by atoms with Gasteiger partial charge in [0.05, 0.1) is 12.6 Å². The molecule has 0 radical (unpaired) electrons. The number of rotatable bonds is 6. The van der Waals surface area contributed by atoms with Gasteiger partial charge in [0, 0.05) is 7.05 Å². The Morgan fingerprint density at radius 2 is 1.97 bits per heavy atom. The van der Waals surface area contributed by atoms with Crippen LogP contribution in [0.1, 0.15) is 41.6 Å². The van der Waals surface area contributed by atoms with Crippen molar-refractivity contribution in [1.29, 1.82) is 0 Å². The molecule has 3 aromatic rings. The monoisotopic (exact) mass is 415 g/mol. The van der Waals surface area contributed by atoms with Gasteiger partial charge in [0.2, 0.25) is 11.6 Å². The predicted molar refractivity (Wildman–Crippen MR) is 107 cm³/mol. The number of furan rings is 1. The van der Waals surface area contributed by atoms with Crippen molar-refractivity contribution in [2.45, 2.75) is 33.4 Å². The molecular formula is C21H22FN3O5. The number of hydrogen-bond donors (Lipinski definition) is 0. The second-order valence-corrected chi connectivity index (χ2v) is 6.84. The molecule has 0 aliphatic heterocycles. The average Bonchev–Trinajstić information content (AvgIpc) is 3.06. The van der Waals surface area contributed by atoms with Gasteiger partial charge in [-0.25, -0.2) is 14.2 Å².